The van der Waals surface area contributed by atoms with Crippen LogP contribution >= 0.6 is 0 Å². The van der Waals surface area contributed by atoms with Crippen molar-refractivity contribution in [3.05, 3.63) is 24.4 Å². The van der Waals surface area contributed by atoms with E-state index in [0.717, 1.165) is 12.8 Å². The fourth-order valence-corrected chi connectivity index (χ4v) is 1.49. The molecule has 0 aromatic heterocycles. The number of carbonyl (C=O) groups excluding carboxylic acids is 2. The van der Waals surface area contributed by atoms with Crippen molar-refractivity contribution in [2.75, 3.05) is 0 Å². The maximum Gasteiger partial charge on any atom is 0.240 e. The lowest BCUT2D eigenvalue weighted by Gasteiger charge is -2.07. The Hall–Kier alpha value is -1.38. The number of nitrogens with zero attached hydrogens (tertiary/aromatic N) is 1. The molecule has 1 aliphatic rings. The summed E-state index contributed by atoms with van der Waals surface area (Å²) >= 11 is 0. The first-order valence-corrected chi connectivity index (χ1v) is 5.39. The van der Waals surface area contributed by atoms with E-state index < -0.39 is 0 Å². The van der Waals surface area contributed by atoms with Crippen LogP contribution < -0.4 is 0 Å². The molecule has 1 atom stereocenters. The summed E-state index contributed by atoms with van der Waals surface area (Å²) in [5.74, 6) is -0.455. The summed E-state index contributed by atoms with van der Waals surface area (Å²) in [6.07, 6.45) is 9.20. The molecule has 15 heavy (non-hydrogen) atoms. The van der Waals surface area contributed by atoms with Gasteiger partial charge in [-0.25, -0.2) is 0 Å². The Morgan fingerprint density at radius 2 is 1.93 bits per heavy atom. The largest absolute Gasteiger partial charge is 0.274 e. The highest BCUT2D eigenvalue weighted by Crippen LogP contribution is 2.21. The number of likely N-dealkylation sites (tertiary alicyclic amines) is 1. The van der Waals surface area contributed by atoms with Gasteiger partial charge in [-0.15, -0.1) is 0 Å². The number of imide groups is 1. The molecule has 0 bridgehead atoms. The first-order valence-electron chi connectivity index (χ1n) is 5.39. The predicted molar refractivity (Wildman–Crippen MR) is 58.8 cm³/mol. The van der Waals surface area contributed by atoms with Gasteiger partial charge in [0.2, 0.25) is 11.8 Å². The van der Waals surface area contributed by atoms with E-state index in [4.69, 9.17) is 0 Å². The van der Waals surface area contributed by atoms with Gasteiger partial charge in [0, 0.05) is 12.6 Å². The van der Waals surface area contributed by atoms with Crippen molar-refractivity contribution in [3.63, 3.8) is 0 Å². The van der Waals surface area contributed by atoms with Crippen molar-refractivity contribution in [2.24, 2.45) is 5.92 Å². The quantitative estimate of drug-likeness (QED) is 0.523. The van der Waals surface area contributed by atoms with E-state index in [1.807, 2.05) is 32.1 Å². The maximum absolute atomic E-state index is 11.7. The molecule has 0 saturated carbocycles. The Morgan fingerprint density at radius 1 is 1.27 bits per heavy atom. The third-order valence-corrected chi connectivity index (χ3v) is 2.31. The first-order chi connectivity index (χ1) is 7.20. The molecule has 3 heteroatoms. The molecule has 82 valence electrons. The number of carbonyl (C=O) groups is 2. The lowest BCUT2D eigenvalue weighted by atomic mass is 10.1. The zero-order valence-corrected chi connectivity index (χ0v) is 9.27. The molecule has 1 saturated heterocycles. The second kappa shape index (κ2) is 5.49. The Morgan fingerprint density at radius 3 is 2.53 bits per heavy atom. The monoisotopic (exact) mass is 207 g/mol. The molecule has 1 fully saturated rings. The molecule has 0 aliphatic carbocycles. The van der Waals surface area contributed by atoms with Gasteiger partial charge in [-0.3, -0.25) is 14.5 Å². The van der Waals surface area contributed by atoms with E-state index in [9.17, 15) is 9.59 Å². The fraction of sp³-hybridized carbons (Fsp3) is 0.500. The minimum Gasteiger partial charge on any atom is -0.274 e. The van der Waals surface area contributed by atoms with Crippen LogP contribution in [0.5, 0.6) is 0 Å². The van der Waals surface area contributed by atoms with Crippen molar-refractivity contribution in [3.8, 4) is 0 Å². The molecule has 1 heterocycles. The summed E-state index contributed by atoms with van der Waals surface area (Å²) < 4.78 is 0. The van der Waals surface area contributed by atoms with Crippen LogP contribution in [0.25, 0.3) is 0 Å². The third-order valence-electron chi connectivity index (χ3n) is 2.31. The van der Waals surface area contributed by atoms with E-state index in [0.29, 0.717) is 6.42 Å². The topological polar surface area (TPSA) is 37.4 Å². The molecule has 0 spiro atoms. The number of rotatable bonds is 4. The molecule has 1 unspecified atom stereocenters. The van der Waals surface area contributed by atoms with Crippen molar-refractivity contribution in [2.45, 2.75) is 33.1 Å². The van der Waals surface area contributed by atoms with Gasteiger partial charge in [-0.1, -0.05) is 32.1 Å². The Balaban J connectivity index is 2.70. The number of hydrogen-bond donors (Lipinski definition) is 0. The summed E-state index contributed by atoms with van der Waals surface area (Å²) in [7, 11) is 0. The Labute approximate surface area is 90.5 Å². The number of allylic oxidation sites excluding steroid dienone is 2. The van der Waals surface area contributed by atoms with E-state index >= 15 is 0 Å². The molecular formula is C12H17NO2. The predicted octanol–water partition coefficient (Wildman–Crippen LogP) is 2.25. The average Bonchev–Trinajstić information content (AvgIpc) is 2.49. The van der Waals surface area contributed by atoms with Gasteiger partial charge in [-0.2, -0.15) is 0 Å². The van der Waals surface area contributed by atoms with Crippen molar-refractivity contribution < 1.29 is 9.59 Å². The van der Waals surface area contributed by atoms with Gasteiger partial charge in [-0.05, 0) is 12.8 Å². The molecular weight excluding hydrogens is 190 g/mol. The molecule has 1 aliphatic heterocycles. The van der Waals surface area contributed by atoms with Gasteiger partial charge < -0.3 is 0 Å². The SMILES string of the molecule is CC/C=C/C1CC(=O)N(/C=C/CC)C1=O. The van der Waals surface area contributed by atoms with E-state index in [1.165, 1.54) is 4.90 Å². The van der Waals surface area contributed by atoms with Crippen molar-refractivity contribution >= 4 is 11.8 Å². The van der Waals surface area contributed by atoms with Gasteiger partial charge in [0.1, 0.15) is 0 Å². The summed E-state index contributed by atoms with van der Waals surface area (Å²) in [5, 5.41) is 0. The molecule has 0 aromatic rings. The first kappa shape index (κ1) is 11.7. The van der Waals surface area contributed by atoms with E-state index in [2.05, 4.69) is 0 Å². The maximum atomic E-state index is 11.7. The van der Waals surface area contributed by atoms with Gasteiger partial charge in [0.25, 0.3) is 0 Å². The standard InChI is InChI=1S/C12H17NO2/c1-3-5-7-10-9-11(14)13(12(10)15)8-6-4-2/h5-8,10H,3-4,9H2,1-2H3/b7-5+,8-6+. The molecule has 2 amide bonds. The van der Waals surface area contributed by atoms with Crippen LogP contribution in [-0.4, -0.2) is 16.7 Å². The smallest absolute Gasteiger partial charge is 0.240 e. The highest BCUT2D eigenvalue weighted by atomic mass is 16.2. The van der Waals surface area contributed by atoms with Crippen LogP contribution in [0.4, 0.5) is 0 Å². The normalized spacial score (nSPS) is 22.5. The lowest BCUT2D eigenvalue weighted by molar-refractivity contribution is -0.135. The van der Waals surface area contributed by atoms with Crippen LogP contribution in [0, 0.1) is 5.92 Å². The van der Waals surface area contributed by atoms with E-state index in [1.54, 1.807) is 6.20 Å². The lowest BCUT2D eigenvalue weighted by Crippen LogP contribution is -2.24. The molecule has 0 aromatic carbocycles. The van der Waals surface area contributed by atoms with Crippen LogP contribution in [0.1, 0.15) is 33.1 Å². The summed E-state index contributed by atoms with van der Waals surface area (Å²) in [4.78, 5) is 24.4. The molecule has 1 rings (SSSR count). The number of amides is 2. The Kier molecular flexibility index (Phi) is 4.28. The second-order valence-corrected chi connectivity index (χ2v) is 3.54. The number of hydrogen-bond acceptors (Lipinski definition) is 2. The fourth-order valence-electron chi connectivity index (χ4n) is 1.49. The average molecular weight is 207 g/mol. The van der Waals surface area contributed by atoms with Crippen molar-refractivity contribution in [1.29, 1.82) is 0 Å². The van der Waals surface area contributed by atoms with Gasteiger partial charge in [0.05, 0.1) is 5.92 Å². The van der Waals surface area contributed by atoms with Gasteiger partial charge >= 0.3 is 0 Å². The van der Waals surface area contributed by atoms with Gasteiger partial charge in [0.15, 0.2) is 0 Å². The molecule has 3 nitrogen and oxygen atoms in total. The van der Waals surface area contributed by atoms with E-state index in [-0.39, 0.29) is 17.7 Å². The van der Waals surface area contributed by atoms with Crippen LogP contribution in [0.3, 0.4) is 0 Å². The minimum absolute atomic E-state index is 0.101. The molecule has 0 N–H and O–H groups in total. The zero-order valence-electron chi connectivity index (χ0n) is 9.27. The zero-order chi connectivity index (χ0) is 11.3. The van der Waals surface area contributed by atoms with Crippen LogP contribution in [-0.2, 0) is 9.59 Å². The van der Waals surface area contributed by atoms with Crippen LogP contribution in [0.2, 0.25) is 0 Å². The van der Waals surface area contributed by atoms with Crippen molar-refractivity contribution in [1.82, 2.24) is 4.90 Å². The van der Waals surface area contributed by atoms with Crippen LogP contribution in [0.15, 0.2) is 24.4 Å². The third kappa shape index (κ3) is 2.78. The summed E-state index contributed by atoms with van der Waals surface area (Å²) in [6.45, 7) is 3.97. The highest BCUT2D eigenvalue weighted by molar-refractivity contribution is 6.05. The second-order valence-electron chi connectivity index (χ2n) is 3.54. The summed E-state index contributed by atoms with van der Waals surface area (Å²) in [5.41, 5.74) is 0. The highest BCUT2D eigenvalue weighted by Gasteiger charge is 2.35. The summed E-state index contributed by atoms with van der Waals surface area (Å²) in [6, 6.07) is 0. The molecule has 0 radical (unpaired) electrons. The Bertz CT molecular complexity index is 305. The minimum atomic E-state index is -0.251.